The zero-order valence-corrected chi connectivity index (χ0v) is 9.17. The van der Waals surface area contributed by atoms with Crippen LogP contribution in [0.1, 0.15) is 27.2 Å². The highest BCUT2D eigenvalue weighted by molar-refractivity contribution is 5.72. The minimum atomic E-state index is -0.159. The summed E-state index contributed by atoms with van der Waals surface area (Å²) in [6, 6.07) is 0.247. The first-order valence-corrected chi connectivity index (χ1v) is 4.95. The molecule has 0 saturated carbocycles. The van der Waals surface area contributed by atoms with Crippen LogP contribution < -0.4 is 5.32 Å². The van der Waals surface area contributed by atoms with Crippen molar-refractivity contribution in [3.63, 3.8) is 0 Å². The van der Waals surface area contributed by atoms with Crippen LogP contribution in [0.3, 0.4) is 0 Å². The van der Waals surface area contributed by atoms with Crippen molar-refractivity contribution in [3.05, 3.63) is 0 Å². The maximum atomic E-state index is 11.2. The molecule has 0 aliphatic carbocycles. The molecule has 0 aliphatic heterocycles. The second-order valence-corrected chi connectivity index (χ2v) is 3.37. The average molecular weight is 197 g/mol. The molecule has 0 aromatic carbocycles. The summed E-state index contributed by atoms with van der Waals surface area (Å²) in [4.78, 5) is 11.2. The predicted molar refractivity (Wildman–Crippen MR) is 56.7 cm³/mol. The zero-order valence-electron chi connectivity index (χ0n) is 9.17. The summed E-state index contributed by atoms with van der Waals surface area (Å²) in [5, 5.41) is 3.18. The van der Waals surface area contributed by atoms with Crippen LogP contribution in [0.5, 0.6) is 0 Å². The Kier molecular flexibility index (Phi) is 6.87. The van der Waals surface area contributed by atoms with Crippen LogP contribution in [0.25, 0.3) is 0 Å². The molecule has 0 aromatic heterocycles. The molecule has 0 radical (unpaired) electrons. The highest BCUT2D eigenvalue weighted by Crippen LogP contribution is 1.98. The fraction of sp³-hybridized carbons (Fsp3) is 0.727. The van der Waals surface area contributed by atoms with E-state index in [2.05, 4.69) is 11.2 Å². The van der Waals surface area contributed by atoms with Crippen LogP contribution in [0, 0.1) is 18.3 Å². The first-order valence-electron chi connectivity index (χ1n) is 4.95. The Balaban J connectivity index is 3.68. The van der Waals surface area contributed by atoms with Gasteiger partial charge >= 0.3 is 5.97 Å². The van der Waals surface area contributed by atoms with Gasteiger partial charge in [-0.1, -0.05) is 6.92 Å². The minimum Gasteiger partial charge on any atom is -0.466 e. The number of carbonyl (C=O) groups is 1. The molecule has 0 aromatic rings. The molecule has 1 N–H and O–H groups in total. The highest BCUT2D eigenvalue weighted by atomic mass is 16.5. The fourth-order valence-electron chi connectivity index (χ4n) is 0.995. The molecule has 0 spiro atoms. The number of terminal acetylenes is 1. The van der Waals surface area contributed by atoms with Crippen LogP contribution in [0.4, 0.5) is 0 Å². The third-order valence-corrected chi connectivity index (χ3v) is 1.89. The number of esters is 1. The molecular formula is C11H19NO2. The van der Waals surface area contributed by atoms with Crippen LogP contribution in [-0.2, 0) is 9.53 Å². The van der Waals surface area contributed by atoms with Gasteiger partial charge in [0.25, 0.3) is 0 Å². The average Bonchev–Trinajstić information content (AvgIpc) is 2.15. The molecular weight excluding hydrogens is 178 g/mol. The van der Waals surface area contributed by atoms with Gasteiger partial charge in [-0.2, -0.15) is 0 Å². The third kappa shape index (κ3) is 5.60. The molecule has 0 amide bonds. The van der Waals surface area contributed by atoms with Crippen molar-refractivity contribution >= 4 is 5.97 Å². The molecule has 0 bridgehead atoms. The lowest BCUT2D eigenvalue weighted by Crippen LogP contribution is -2.33. The topological polar surface area (TPSA) is 38.3 Å². The van der Waals surface area contributed by atoms with E-state index in [9.17, 15) is 4.79 Å². The Morgan fingerprint density at radius 3 is 2.71 bits per heavy atom. The first-order chi connectivity index (χ1) is 6.61. The van der Waals surface area contributed by atoms with Crippen molar-refractivity contribution < 1.29 is 9.53 Å². The van der Waals surface area contributed by atoms with Crippen molar-refractivity contribution in [1.82, 2.24) is 5.32 Å². The van der Waals surface area contributed by atoms with Crippen molar-refractivity contribution in [2.75, 3.05) is 13.2 Å². The van der Waals surface area contributed by atoms with Gasteiger partial charge in [0.05, 0.1) is 12.5 Å². The summed E-state index contributed by atoms with van der Waals surface area (Å²) in [5.74, 6) is 2.29. The normalized spacial score (nSPS) is 14.1. The summed E-state index contributed by atoms with van der Waals surface area (Å²) in [6.07, 6.45) is 5.84. The Bertz CT molecular complexity index is 208. The lowest BCUT2D eigenvalue weighted by molar-refractivity contribution is -0.147. The molecule has 2 unspecified atom stereocenters. The zero-order chi connectivity index (χ0) is 11.0. The second-order valence-electron chi connectivity index (χ2n) is 3.37. The monoisotopic (exact) mass is 197 g/mol. The summed E-state index contributed by atoms with van der Waals surface area (Å²) in [7, 11) is 0. The van der Waals surface area contributed by atoms with E-state index in [0.29, 0.717) is 19.6 Å². The van der Waals surface area contributed by atoms with Crippen molar-refractivity contribution in [1.29, 1.82) is 0 Å². The maximum Gasteiger partial charge on any atom is 0.309 e. The Morgan fingerprint density at radius 2 is 2.21 bits per heavy atom. The number of hydrogen-bond acceptors (Lipinski definition) is 3. The fourth-order valence-corrected chi connectivity index (χ4v) is 0.995. The van der Waals surface area contributed by atoms with Crippen LogP contribution in [0.15, 0.2) is 0 Å². The van der Waals surface area contributed by atoms with E-state index in [1.807, 2.05) is 13.8 Å². The molecule has 0 heterocycles. The van der Waals surface area contributed by atoms with E-state index in [-0.39, 0.29) is 17.9 Å². The van der Waals surface area contributed by atoms with Gasteiger partial charge in [-0.25, -0.2) is 0 Å². The maximum absolute atomic E-state index is 11.2. The molecule has 0 aliphatic rings. The van der Waals surface area contributed by atoms with Gasteiger partial charge in [0.1, 0.15) is 0 Å². The van der Waals surface area contributed by atoms with Crippen molar-refractivity contribution in [2.45, 2.75) is 33.2 Å². The number of nitrogens with one attached hydrogen (secondary N) is 1. The second kappa shape index (κ2) is 7.40. The number of ether oxygens (including phenoxy) is 1. The van der Waals surface area contributed by atoms with E-state index in [1.165, 1.54) is 0 Å². The quantitative estimate of drug-likeness (QED) is 0.513. The largest absolute Gasteiger partial charge is 0.466 e. The highest BCUT2D eigenvalue weighted by Gasteiger charge is 2.13. The molecule has 14 heavy (non-hydrogen) atoms. The number of rotatable bonds is 6. The van der Waals surface area contributed by atoms with Crippen LogP contribution >= 0.6 is 0 Å². The van der Waals surface area contributed by atoms with Gasteiger partial charge in [-0.05, 0) is 13.8 Å². The minimum absolute atomic E-state index is 0.116. The van der Waals surface area contributed by atoms with Gasteiger partial charge in [0.2, 0.25) is 0 Å². The van der Waals surface area contributed by atoms with Crippen molar-refractivity contribution in [2.24, 2.45) is 5.92 Å². The first kappa shape index (κ1) is 13.0. The van der Waals surface area contributed by atoms with E-state index < -0.39 is 0 Å². The van der Waals surface area contributed by atoms with E-state index in [1.54, 1.807) is 6.92 Å². The third-order valence-electron chi connectivity index (χ3n) is 1.89. The van der Waals surface area contributed by atoms with Crippen molar-refractivity contribution in [3.8, 4) is 12.3 Å². The standard InChI is InChI=1S/C11H19NO2/c1-5-7-10(4)12-8-9(3)11(13)14-6-2/h1,9-10,12H,6-8H2,2-4H3. The summed E-state index contributed by atoms with van der Waals surface area (Å²) in [5.41, 5.74) is 0. The smallest absolute Gasteiger partial charge is 0.309 e. The SMILES string of the molecule is C#CCC(C)NCC(C)C(=O)OCC. The number of hydrogen-bond donors (Lipinski definition) is 1. The lowest BCUT2D eigenvalue weighted by Gasteiger charge is -2.14. The Hall–Kier alpha value is -1.01. The molecule has 3 nitrogen and oxygen atoms in total. The predicted octanol–water partition coefficient (Wildman–Crippen LogP) is 1.19. The molecule has 3 heteroatoms. The Labute approximate surface area is 86.2 Å². The lowest BCUT2D eigenvalue weighted by atomic mass is 10.1. The molecule has 0 rings (SSSR count). The molecule has 80 valence electrons. The van der Waals surface area contributed by atoms with Gasteiger partial charge in [0, 0.05) is 19.0 Å². The van der Waals surface area contributed by atoms with E-state index in [0.717, 1.165) is 0 Å². The van der Waals surface area contributed by atoms with Gasteiger partial charge in [-0.3, -0.25) is 4.79 Å². The van der Waals surface area contributed by atoms with Crippen LogP contribution in [0.2, 0.25) is 0 Å². The summed E-state index contributed by atoms with van der Waals surface area (Å²) < 4.78 is 4.88. The van der Waals surface area contributed by atoms with Gasteiger partial charge in [-0.15, -0.1) is 12.3 Å². The molecule has 0 saturated heterocycles. The number of carbonyl (C=O) groups excluding carboxylic acids is 1. The van der Waals surface area contributed by atoms with Crippen LogP contribution in [-0.4, -0.2) is 25.2 Å². The Morgan fingerprint density at radius 1 is 1.57 bits per heavy atom. The summed E-state index contributed by atoms with van der Waals surface area (Å²) in [6.45, 7) is 6.69. The van der Waals surface area contributed by atoms with E-state index in [4.69, 9.17) is 11.2 Å². The van der Waals surface area contributed by atoms with E-state index >= 15 is 0 Å². The molecule has 2 atom stereocenters. The van der Waals surface area contributed by atoms with Gasteiger partial charge in [0.15, 0.2) is 0 Å². The molecule has 0 fully saturated rings. The summed E-state index contributed by atoms with van der Waals surface area (Å²) >= 11 is 0. The van der Waals surface area contributed by atoms with Gasteiger partial charge < -0.3 is 10.1 Å².